The molecular formula is C13H17N5O. The molecule has 1 unspecified atom stereocenters. The van der Waals surface area contributed by atoms with Gasteiger partial charge in [0.1, 0.15) is 11.5 Å². The van der Waals surface area contributed by atoms with Gasteiger partial charge in [-0.2, -0.15) is 4.98 Å². The number of aromatic nitrogens is 4. The van der Waals surface area contributed by atoms with Crippen molar-refractivity contribution in [3.63, 3.8) is 0 Å². The van der Waals surface area contributed by atoms with Crippen LogP contribution in [-0.2, 0) is 0 Å². The highest BCUT2D eigenvalue weighted by Gasteiger charge is 2.20. The maximum Gasteiger partial charge on any atom is 0.244 e. The van der Waals surface area contributed by atoms with Crippen LogP contribution in [-0.4, -0.2) is 26.7 Å². The molecule has 0 spiro atoms. The Morgan fingerprint density at radius 2 is 2.21 bits per heavy atom. The zero-order valence-corrected chi connectivity index (χ0v) is 11.0. The maximum absolute atomic E-state index is 5.37. The fourth-order valence-corrected chi connectivity index (χ4v) is 2.30. The number of hydrogen-bond acceptors (Lipinski definition) is 6. The largest absolute Gasteiger partial charge is 0.337 e. The van der Waals surface area contributed by atoms with Gasteiger partial charge in [0.05, 0.1) is 6.04 Å². The quantitative estimate of drug-likeness (QED) is 0.889. The van der Waals surface area contributed by atoms with E-state index in [4.69, 9.17) is 4.52 Å². The van der Waals surface area contributed by atoms with Gasteiger partial charge >= 0.3 is 0 Å². The zero-order chi connectivity index (χ0) is 13.1. The van der Waals surface area contributed by atoms with Gasteiger partial charge in [0.2, 0.25) is 11.7 Å². The topological polar surface area (TPSA) is 76.7 Å². The number of rotatable bonds is 2. The molecule has 1 atom stereocenters. The van der Waals surface area contributed by atoms with Gasteiger partial charge in [-0.25, -0.2) is 9.97 Å². The highest BCUT2D eigenvalue weighted by atomic mass is 16.5. The van der Waals surface area contributed by atoms with Crippen molar-refractivity contribution < 1.29 is 4.52 Å². The lowest BCUT2D eigenvalue weighted by Crippen LogP contribution is -2.20. The predicted octanol–water partition coefficient (Wildman–Crippen LogP) is 2.04. The molecule has 1 saturated heterocycles. The molecule has 3 heterocycles. The number of aryl methyl sites for hydroxylation is 1. The summed E-state index contributed by atoms with van der Waals surface area (Å²) in [5, 5.41) is 7.46. The van der Waals surface area contributed by atoms with Crippen LogP contribution in [0.1, 0.15) is 43.4 Å². The summed E-state index contributed by atoms with van der Waals surface area (Å²) in [6.45, 7) is 2.85. The van der Waals surface area contributed by atoms with Gasteiger partial charge in [0.15, 0.2) is 0 Å². The summed E-state index contributed by atoms with van der Waals surface area (Å²) < 4.78 is 5.37. The molecule has 1 fully saturated rings. The maximum atomic E-state index is 5.37. The Kier molecular flexibility index (Phi) is 3.50. The van der Waals surface area contributed by atoms with Crippen molar-refractivity contribution in [1.29, 1.82) is 0 Å². The van der Waals surface area contributed by atoms with Crippen LogP contribution < -0.4 is 5.32 Å². The predicted molar refractivity (Wildman–Crippen MR) is 69.3 cm³/mol. The van der Waals surface area contributed by atoms with Crippen LogP contribution in [0.4, 0.5) is 0 Å². The summed E-state index contributed by atoms with van der Waals surface area (Å²) >= 11 is 0. The minimum atomic E-state index is 0.173. The molecule has 19 heavy (non-hydrogen) atoms. The average molecular weight is 259 g/mol. The SMILES string of the molecule is Cc1nccc(-c2noc(C3CCCCCN3)n2)n1. The van der Waals surface area contributed by atoms with Crippen molar-refractivity contribution in [2.75, 3.05) is 6.54 Å². The molecule has 2 aromatic heterocycles. The van der Waals surface area contributed by atoms with Crippen LogP contribution in [0.2, 0.25) is 0 Å². The Labute approximate surface area is 111 Å². The van der Waals surface area contributed by atoms with Crippen LogP contribution in [0.3, 0.4) is 0 Å². The molecule has 6 nitrogen and oxygen atoms in total. The van der Waals surface area contributed by atoms with Crippen LogP contribution in [0.15, 0.2) is 16.8 Å². The molecule has 3 rings (SSSR count). The normalized spacial score (nSPS) is 20.2. The fourth-order valence-electron chi connectivity index (χ4n) is 2.30. The van der Waals surface area contributed by atoms with Crippen molar-refractivity contribution in [2.24, 2.45) is 0 Å². The van der Waals surface area contributed by atoms with Crippen molar-refractivity contribution in [1.82, 2.24) is 25.4 Å². The third-order valence-electron chi connectivity index (χ3n) is 3.31. The highest BCUT2D eigenvalue weighted by molar-refractivity contribution is 5.47. The van der Waals surface area contributed by atoms with E-state index >= 15 is 0 Å². The van der Waals surface area contributed by atoms with E-state index in [1.807, 2.05) is 6.92 Å². The van der Waals surface area contributed by atoms with E-state index in [0.29, 0.717) is 23.2 Å². The molecule has 0 saturated carbocycles. The van der Waals surface area contributed by atoms with Crippen molar-refractivity contribution in [3.8, 4) is 11.5 Å². The van der Waals surface area contributed by atoms with E-state index in [1.165, 1.54) is 19.3 Å². The molecule has 0 amide bonds. The minimum Gasteiger partial charge on any atom is -0.337 e. The first-order chi connectivity index (χ1) is 9.33. The summed E-state index contributed by atoms with van der Waals surface area (Å²) in [7, 11) is 0. The first-order valence-corrected chi connectivity index (χ1v) is 6.70. The lowest BCUT2D eigenvalue weighted by molar-refractivity contribution is 0.327. The number of hydrogen-bond donors (Lipinski definition) is 1. The van der Waals surface area contributed by atoms with Gasteiger partial charge in [-0.05, 0) is 32.4 Å². The fraction of sp³-hybridized carbons (Fsp3) is 0.538. The smallest absolute Gasteiger partial charge is 0.244 e. The van der Waals surface area contributed by atoms with Gasteiger partial charge in [0.25, 0.3) is 0 Å². The van der Waals surface area contributed by atoms with Crippen LogP contribution in [0.25, 0.3) is 11.5 Å². The molecule has 0 aromatic carbocycles. The van der Waals surface area contributed by atoms with Gasteiger partial charge in [-0.1, -0.05) is 18.0 Å². The Morgan fingerprint density at radius 3 is 3.11 bits per heavy atom. The van der Waals surface area contributed by atoms with E-state index in [0.717, 1.165) is 13.0 Å². The first-order valence-electron chi connectivity index (χ1n) is 6.70. The summed E-state index contributed by atoms with van der Waals surface area (Å²) in [4.78, 5) is 12.8. The van der Waals surface area contributed by atoms with Gasteiger partial charge in [-0.3, -0.25) is 0 Å². The molecule has 100 valence electrons. The molecule has 1 aliphatic rings. The molecular weight excluding hydrogens is 242 g/mol. The number of nitrogens with zero attached hydrogens (tertiary/aromatic N) is 4. The Balaban J connectivity index is 1.82. The van der Waals surface area contributed by atoms with E-state index < -0.39 is 0 Å². The number of nitrogens with one attached hydrogen (secondary N) is 1. The average Bonchev–Trinajstić information content (AvgIpc) is 2.75. The summed E-state index contributed by atoms with van der Waals surface area (Å²) in [5.41, 5.74) is 0.705. The molecule has 6 heteroatoms. The third-order valence-corrected chi connectivity index (χ3v) is 3.31. The first kappa shape index (κ1) is 12.2. The molecule has 0 aliphatic carbocycles. The van der Waals surface area contributed by atoms with E-state index in [2.05, 4.69) is 25.4 Å². The van der Waals surface area contributed by atoms with Crippen molar-refractivity contribution in [2.45, 2.75) is 38.6 Å². The standard InChI is InChI=1S/C13H17N5O/c1-9-14-8-6-10(16-9)12-17-13(19-18-12)11-5-3-2-4-7-15-11/h6,8,11,15H,2-5,7H2,1H3. The van der Waals surface area contributed by atoms with Gasteiger partial charge < -0.3 is 9.84 Å². The second-order valence-electron chi connectivity index (χ2n) is 4.80. The molecule has 0 bridgehead atoms. The summed E-state index contributed by atoms with van der Waals surface area (Å²) in [6.07, 6.45) is 6.42. The molecule has 1 N–H and O–H groups in total. The van der Waals surface area contributed by atoms with Crippen molar-refractivity contribution >= 4 is 0 Å². The second kappa shape index (κ2) is 5.44. The minimum absolute atomic E-state index is 0.173. The second-order valence-corrected chi connectivity index (χ2v) is 4.80. The highest BCUT2D eigenvalue weighted by Crippen LogP contribution is 2.23. The molecule has 0 radical (unpaired) electrons. The summed E-state index contributed by atoms with van der Waals surface area (Å²) in [6, 6.07) is 1.97. The van der Waals surface area contributed by atoms with Gasteiger partial charge in [0, 0.05) is 6.20 Å². The lowest BCUT2D eigenvalue weighted by Gasteiger charge is -2.09. The van der Waals surface area contributed by atoms with E-state index in [-0.39, 0.29) is 6.04 Å². The molecule has 1 aliphatic heterocycles. The van der Waals surface area contributed by atoms with Crippen molar-refractivity contribution in [3.05, 3.63) is 24.0 Å². The van der Waals surface area contributed by atoms with Crippen LogP contribution >= 0.6 is 0 Å². The lowest BCUT2D eigenvalue weighted by atomic mass is 10.1. The Bertz CT molecular complexity index is 545. The van der Waals surface area contributed by atoms with Crippen LogP contribution in [0, 0.1) is 6.92 Å². The van der Waals surface area contributed by atoms with E-state index in [1.54, 1.807) is 12.3 Å². The zero-order valence-electron chi connectivity index (χ0n) is 11.0. The molecule has 2 aromatic rings. The monoisotopic (exact) mass is 259 g/mol. The Morgan fingerprint density at radius 1 is 1.26 bits per heavy atom. The van der Waals surface area contributed by atoms with E-state index in [9.17, 15) is 0 Å². The Hall–Kier alpha value is -1.82. The van der Waals surface area contributed by atoms with Crippen LogP contribution in [0.5, 0.6) is 0 Å². The van der Waals surface area contributed by atoms with Gasteiger partial charge in [-0.15, -0.1) is 0 Å². The summed E-state index contributed by atoms with van der Waals surface area (Å²) in [5.74, 6) is 1.90. The third kappa shape index (κ3) is 2.78.